The van der Waals surface area contributed by atoms with Crippen LogP contribution in [-0.2, 0) is 23.7 Å². The molecule has 3 aliphatic rings. The Hall–Kier alpha value is -0.490. The number of Topliss-reactive ketones (excluding diaryl/α,β-unsaturated/α-hetero) is 1. The SMILES string of the molecule is COCOC1C[C@@](C)(OC)C(=O)[C@H](C)C23CC[C@@H](C)[C@]1(C)C2[C@H](OC)CC3. The predicted octanol–water partition coefficient (Wildman–Crippen LogP) is 3.84. The number of ketones is 1. The first-order valence-corrected chi connectivity index (χ1v) is 10.4. The zero-order valence-electron chi connectivity index (χ0n) is 18.2. The maximum Gasteiger partial charge on any atom is 0.167 e. The molecule has 3 unspecified atom stereocenters. The zero-order chi connectivity index (χ0) is 20.0. The van der Waals surface area contributed by atoms with E-state index in [-0.39, 0.29) is 41.5 Å². The van der Waals surface area contributed by atoms with Gasteiger partial charge in [0.05, 0.1) is 12.2 Å². The molecule has 3 aliphatic carbocycles. The predicted molar refractivity (Wildman–Crippen MR) is 103 cm³/mol. The van der Waals surface area contributed by atoms with Gasteiger partial charge in [-0.3, -0.25) is 4.79 Å². The van der Waals surface area contributed by atoms with E-state index in [2.05, 4.69) is 20.8 Å². The molecule has 27 heavy (non-hydrogen) atoms. The average molecular weight is 383 g/mol. The second-order valence-electron chi connectivity index (χ2n) is 9.62. The van der Waals surface area contributed by atoms with Crippen molar-refractivity contribution >= 4 is 5.78 Å². The molecule has 5 nitrogen and oxygen atoms in total. The van der Waals surface area contributed by atoms with Crippen LogP contribution in [-0.4, -0.2) is 51.7 Å². The van der Waals surface area contributed by atoms with E-state index in [4.69, 9.17) is 18.9 Å². The number of hydrogen-bond acceptors (Lipinski definition) is 5. The molecular formula is C22H38O5. The largest absolute Gasteiger partial charge is 0.381 e. The van der Waals surface area contributed by atoms with E-state index in [9.17, 15) is 4.79 Å². The van der Waals surface area contributed by atoms with Crippen molar-refractivity contribution in [2.75, 3.05) is 28.1 Å². The van der Waals surface area contributed by atoms with Gasteiger partial charge in [0, 0.05) is 39.1 Å². The van der Waals surface area contributed by atoms with Gasteiger partial charge in [-0.25, -0.2) is 0 Å². The van der Waals surface area contributed by atoms with Crippen LogP contribution < -0.4 is 0 Å². The third-order valence-corrected chi connectivity index (χ3v) is 8.85. The number of ether oxygens (including phenoxy) is 4. The van der Waals surface area contributed by atoms with E-state index in [0.717, 1.165) is 25.7 Å². The Morgan fingerprint density at radius 1 is 1.07 bits per heavy atom. The minimum absolute atomic E-state index is 0.0338. The van der Waals surface area contributed by atoms with E-state index < -0.39 is 5.60 Å². The fraction of sp³-hybridized carbons (Fsp3) is 0.955. The summed E-state index contributed by atoms with van der Waals surface area (Å²) in [6.07, 6.45) is 4.88. The fourth-order valence-corrected chi connectivity index (χ4v) is 6.95. The maximum atomic E-state index is 13.6. The van der Waals surface area contributed by atoms with E-state index in [1.54, 1.807) is 14.2 Å². The smallest absolute Gasteiger partial charge is 0.167 e. The molecule has 0 radical (unpaired) electrons. The van der Waals surface area contributed by atoms with Crippen molar-refractivity contribution in [1.82, 2.24) is 0 Å². The molecule has 2 bridgehead atoms. The summed E-state index contributed by atoms with van der Waals surface area (Å²) in [5, 5.41) is 0. The summed E-state index contributed by atoms with van der Waals surface area (Å²) in [6, 6.07) is 0. The van der Waals surface area contributed by atoms with E-state index in [0.29, 0.717) is 18.3 Å². The van der Waals surface area contributed by atoms with Crippen molar-refractivity contribution in [3.8, 4) is 0 Å². The first-order chi connectivity index (χ1) is 12.7. The van der Waals surface area contributed by atoms with Crippen molar-refractivity contribution in [3.63, 3.8) is 0 Å². The second-order valence-corrected chi connectivity index (χ2v) is 9.62. The Kier molecular flexibility index (Phi) is 5.82. The molecule has 0 aromatic carbocycles. The maximum absolute atomic E-state index is 13.6. The summed E-state index contributed by atoms with van der Waals surface area (Å²) in [7, 11) is 5.13. The molecule has 0 amide bonds. The average Bonchev–Trinajstić information content (AvgIpc) is 3.07. The zero-order valence-corrected chi connectivity index (χ0v) is 18.2. The van der Waals surface area contributed by atoms with Crippen LogP contribution >= 0.6 is 0 Å². The topological polar surface area (TPSA) is 54.0 Å². The third-order valence-electron chi connectivity index (χ3n) is 8.85. The Morgan fingerprint density at radius 3 is 2.33 bits per heavy atom. The van der Waals surface area contributed by atoms with Gasteiger partial charge < -0.3 is 18.9 Å². The highest BCUT2D eigenvalue weighted by molar-refractivity contribution is 5.90. The Morgan fingerprint density at radius 2 is 1.74 bits per heavy atom. The molecule has 8 atom stereocenters. The van der Waals surface area contributed by atoms with Crippen molar-refractivity contribution in [2.24, 2.45) is 28.6 Å². The van der Waals surface area contributed by atoms with Gasteiger partial charge in [-0.05, 0) is 49.9 Å². The quantitative estimate of drug-likeness (QED) is 0.676. The van der Waals surface area contributed by atoms with E-state index in [1.165, 1.54) is 0 Å². The van der Waals surface area contributed by atoms with Crippen LogP contribution in [0.1, 0.15) is 59.8 Å². The summed E-state index contributed by atoms with van der Waals surface area (Å²) < 4.78 is 23.4. The van der Waals surface area contributed by atoms with Gasteiger partial charge in [-0.15, -0.1) is 0 Å². The van der Waals surface area contributed by atoms with Crippen LogP contribution in [0.2, 0.25) is 0 Å². The Bertz CT molecular complexity index is 565. The lowest BCUT2D eigenvalue weighted by atomic mass is 9.45. The highest BCUT2D eigenvalue weighted by Gasteiger charge is 2.68. The van der Waals surface area contributed by atoms with Crippen LogP contribution in [0.4, 0.5) is 0 Å². The van der Waals surface area contributed by atoms with Gasteiger partial charge in [-0.1, -0.05) is 20.8 Å². The highest BCUT2D eigenvalue weighted by Crippen LogP contribution is 2.68. The van der Waals surface area contributed by atoms with Gasteiger partial charge in [-0.2, -0.15) is 0 Å². The van der Waals surface area contributed by atoms with E-state index >= 15 is 0 Å². The third kappa shape index (κ3) is 2.92. The van der Waals surface area contributed by atoms with Crippen molar-refractivity contribution < 1.29 is 23.7 Å². The Labute approximate surface area is 164 Å². The molecule has 3 saturated carbocycles. The minimum Gasteiger partial charge on any atom is -0.381 e. The lowest BCUT2D eigenvalue weighted by molar-refractivity contribution is -0.228. The molecule has 5 heteroatoms. The van der Waals surface area contributed by atoms with Crippen LogP contribution in [0, 0.1) is 28.6 Å². The second kappa shape index (κ2) is 7.40. The summed E-state index contributed by atoms with van der Waals surface area (Å²) >= 11 is 0. The molecular weight excluding hydrogens is 344 g/mol. The van der Waals surface area contributed by atoms with Crippen LogP contribution in [0.15, 0.2) is 0 Å². The van der Waals surface area contributed by atoms with Crippen molar-refractivity contribution in [3.05, 3.63) is 0 Å². The van der Waals surface area contributed by atoms with Gasteiger partial charge in [0.15, 0.2) is 5.78 Å². The summed E-state index contributed by atoms with van der Waals surface area (Å²) in [5.41, 5.74) is -0.962. The summed E-state index contributed by atoms with van der Waals surface area (Å²) in [5.74, 6) is 0.966. The molecule has 3 fully saturated rings. The molecule has 0 spiro atoms. The summed E-state index contributed by atoms with van der Waals surface area (Å²) in [6.45, 7) is 9.02. The normalized spacial score (nSPS) is 50.2. The molecule has 0 aromatic heterocycles. The van der Waals surface area contributed by atoms with Gasteiger partial charge in [0.2, 0.25) is 0 Å². The number of hydrogen-bond donors (Lipinski definition) is 0. The van der Waals surface area contributed by atoms with Crippen LogP contribution in [0.5, 0.6) is 0 Å². The van der Waals surface area contributed by atoms with E-state index in [1.807, 2.05) is 14.0 Å². The Balaban J connectivity index is 2.18. The number of rotatable bonds is 5. The summed E-state index contributed by atoms with van der Waals surface area (Å²) in [4.78, 5) is 13.6. The van der Waals surface area contributed by atoms with Crippen LogP contribution in [0.3, 0.4) is 0 Å². The van der Waals surface area contributed by atoms with Gasteiger partial charge in [0.1, 0.15) is 12.4 Å². The molecule has 0 N–H and O–H groups in total. The van der Waals surface area contributed by atoms with Crippen molar-refractivity contribution in [2.45, 2.75) is 77.6 Å². The lowest BCUT2D eigenvalue weighted by Crippen LogP contribution is -2.64. The minimum atomic E-state index is -0.834. The molecule has 0 aromatic rings. The molecule has 0 saturated heterocycles. The number of carbonyl (C=O) groups is 1. The standard InChI is InChI=1S/C22H38O5/c1-14-8-10-22-11-9-16(25-6)18(22)21(14,4)17(27-13-24-5)12-20(3,26-7)19(23)15(22)2/h14-18H,8-13H2,1-7H3/t14-,15+,16-,17?,18?,20-,21+,22?/m1/s1. The monoisotopic (exact) mass is 382 g/mol. The molecule has 0 heterocycles. The van der Waals surface area contributed by atoms with Gasteiger partial charge >= 0.3 is 0 Å². The molecule has 3 rings (SSSR count). The van der Waals surface area contributed by atoms with Gasteiger partial charge in [0.25, 0.3) is 0 Å². The van der Waals surface area contributed by atoms with Crippen LogP contribution in [0.25, 0.3) is 0 Å². The number of methoxy groups -OCH3 is 3. The van der Waals surface area contributed by atoms with Crippen molar-refractivity contribution in [1.29, 1.82) is 0 Å². The first kappa shape index (κ1) is 21.2. The first-order valence-electron chi connectivity index (χ1n) is 10.4. The fourth-order valence-electron chi connectivity index (χ4n) is 6.95. The highest BCUT2D eigenvalue weighted by atomic mass is 16.7. The molecule has 156 valence electrons. The lowest BCUT2D eigenvalue weighted by Gasteiger charge is -2.62. The molecule has 0 aliphatic heterocycles. The number of carbonyl (C=O) groups excluding carboxylic acids is 1.